The van der Waals surface area contributed by atoms with Crippen LogP contribution in [0.15, 0.2) is 0 Å². The third kappa shape index (κ3) is 10.2. The molecule has 30 heavy (non-hydrogen) atoms. The number of hydrogen-bond donors (Lipinski definition) is 0. The van der Waals surface area contributed by atoms with Crippen molar-refractivity contribution in [3.05, 3.63) is 33.4 Å². The van der Waals surface area contributed by atoms with Crippen LogP contribution in [-0.2, 0) is 75.8 Å². The summed E-state index contributed by atoms with van der Waals surface area (Å²) in [4.78, 5) is 70.5. The maximum Gasteiger partial charge on any atom is 1.00 e. The zero-order valence-corrected chi connectivity index (χ0v) is 21.8. The van der Waals surface area contributed by atoms with Crippen LogP contribution < -0.4 is 113 Å². The van der Waals surface area contributed by atoms with Gasteiger partial charge in [0.15, 0.2) is 0 Å². The summed E-state index contributed by atoms with van der Waals surface area (Å²) in [6, 6.07) is 0. The van der Waals surface area contributed by atoms with Gasteiger partial charge >= 0.3 is 113 Å². The quantitative estimate of drug-likeness (QED) is 0.289. The summed E-state index contributed by atoms with van der Waals surface area (Å²) >= 11 is 26.5. The Hall–Kier alpha value is 2.14. The molecule has 0 atom stereocenters. The summed E-state index contributed by atoms with van der Waals surface area (Å²) in [5, 5.41) is -7.86. The molecular formula is C12Li6O6S6. The zero-order chi connectivity index (χ0) is 18.9. The van der Waals surface area contributed by atoms with E-state index in [-0.39, 0.29) is 113 Å². The number of hydrogen-bond acceptors (Lipinski definition) is 12. The summed E-state index contributed by atoms with van der Waals surface area (Å²) in [5.74, 6) is 0. The first kappa shape index (κ1) is 45.6. The third-order valence-electron chi connectivity index (χ3n) is 2.72. The fourth-order valence-corrected chi connectivity index (χ4v) is 3.20. The van der Waals surface area contributed by atoms with Gasteiger partial charge < -0.3 is 105 Å². The van der Waals surface area contributed by atoms with Crippen molar-refractivity contribution in [2.75, 3.05) is 0 Å². The van der Waals surface area contributed by atoms with Gasteiger partial charge in [-0.2, -0.15) is 0 Å². The molecule has 0 N–H and O–H groups in total. The van der Waals surface area contributed by atoms with Gasteiger partial charge in [-0.25, -0.2) is 0 Å². The maximum atomic E-state index is 11.7. The summed E-state index contributed by atoms with van der Waals surface area (Å²) in [7, 11) is 0. The Balaban J connectivity index is -0.000000240. The maximum absolute atomic E-state index is 11.7. The first-order valence-electron chi connectivity index (χ1n) is 5.45. The van der Waals surface area contributed by atoms with E-state index >= 15 is 0 Å². The molecule has 0 unspecified atom stereocenters. The summed E-state index contributed by atoms with van der Waals surface area (Å²) in [5.41, 5.74) is -5.13. The molecule has 0 aliphatic carbocycles. The van der Waals surface area contributed by atoms with Gasteiger partial charge in [0.1, 0.15) is 0 Å². The molecule has 0 heterocycles. The predicted molar refractivity (Wildman–Crippen MR) is 96.6 cm³/mol. The standard InChI is InChI=1S/C12H6O6S6.6Li/c13-7(19)1-2(8(14)20)4(10(16)22)6(12(18)24)5(11(17)23)3(1)9(15)21;;;;;;/h(H,13,19)(H,14,20)(H,15,21)(H,16,22)(H,17,23)(H,18,24);;;;;;/q;6*+1/p-6. The number of benzene rings is 1. The smallest absolute Gasteiger partial charge is 0.737 e. The van der Waals surface area contributed by atoms with Crippen molar-refractivity contribution in [3.63, 3.8) is 0 Å². The van der Waals surface area contributed by atoms with Gasteiger partial charge in [0.05, 0.1) is 0 Å². The Kier molecular flexibility index (Phi) is 29.6. The third-order valence-corrected chi connectivity index (χ3v) is 3.95. The molecule has 0 saturated heterocycles. The van der Waals surface area contributed by atoms with Crippen LogP contribution in [0.3, 0.4) is 0 Å². The van der Waals surface area contributed by atoms with Gasteiger partial charge in [0.2, 0.25) is 0 Å². The SMILES string of the molecule is O=C([S-])c1c(C(=O)[S-])c(C(=O)[S-])c(C(=O)[S-])c(C(=O)[S-])c1C(=O)[S-].[Li+].[Li+].[Li+].[Li+].[Li+].[Li+]. The Bertz CT molecular complexity index is 667. The fourth-order valence-electron chi connectivity index (χ4n) is 1.97. The molecule has 0 bridgehead atoms. The van der Waals surface area contributed by atoms with Gasteiger partial charge in [0, 0.05) is 64.1 Å². The van der Waals surface area contributed by atoms with Crippen LogP contribution in [0.4, 0.5) is 0 Å². The molecule has 18 heteroatoms. The predicted octanol–water partition coefficient (Wildman–Crippen LogP) is -18.2. The molecule has 0 radical (unpaired) electrons. The van der Waals surface area contributed by atoms with Crippen LogP contribution >= 0.6 is 0 Å². The molecule has 0 amide bonds. The van der Waals surface area contributed by atoms with Gasteiger partial charge in [0.25, 0.3) is 0 Å². The Labute approximate surface area is 277 Å². The second-order valence-electron chi connectivity index (χ2n) is 3.97. The van der Waals surface area contributed by atoms with E-state index in [4.69, 9.17) is 0 Å². The average molecular weight is 474 g/mol. The minimum Gasteiger partial charge on any atom is -0.737 e. The molecule has 6 nitrogen and oxygen atoms in total. The Morgan fingerprint density at radius 3 is 0.400 bits per heavy atom. The minimum absolute atomic E-state index is 0. The van der Waals surface area contributed by atoms with Crippen LogP contribution in [0.2, 0.25) is 0 Å². The molecule has 0 aliphatic rings. The molecule has 1 aromatic carbocycles. The van der Waals surface area contributed by atoms with E-state index in [2.05, 4.69) is 75.8 Å². The van der Waals surface area contributed by atoms with E-state index < -0.39 is 64.1 Å². The average Bonchev–Trinajstić information content (AvgIpc) is 2.42. The van der Waals surface area contributed by atoms with E-state index in [0.717, 1.165) is 0 Å². The van der Waals surface area contributed by atoms with Crippen LogP contribution in [0.25, 0.3) is 0 Å². The topological polar surface area (TPSA) is 102 Å². The zero-order valence-electron chi connectivity index (χ0n) is 16.9. The summed E-state index contributed by atoms with van der Waals surface area (Å²) < 4.78 is 0. The monoisotopic (exact) mass is 474 g/mol. The molecule has 0 saturated carbocycles. The summed E-state index contributed by atoms with van der Waals surface area (Å²) in [6.07, 6.45) is 0. The van der Waals surface area contributed by atoms with E-state index in [0.29, 0.717) is 0 Å². The first-order valence-corrected chi connectivity index (χ1v) is 7.90. The van der Waals surface area contributed by atoms with Crippen LogP contribution in [0.5, 0.6) is 0 Å². The molecule has 0 fully saturated rings. The van der Waals surface area contributed by atoms with Gasteiger partial charge in [-0.1, -0.05) is 0 Å². The normalized spacial score (nSPS) is 8.00. The largest absolute Gasteiger partial charge is 1.00 e. The first-order chi connectivity index (χ1) is 10.9. The van der Waals surface area contributed by atoms with E-state index in [1.54, 1.807) is 0 Å². The van der Waals surface area contributed by atoms with E-state index in [1.165, 1.54) is 0 Å². The molecule has 126 valence electrons. The van der Waals surface area contributed by atoms with Gasteiger partial charge in [-0.3, -0.25) is 0 Å². The van der Waals surface area contributed by atoms with Crippen molar-refractivity contribution in [1.29, 1.82) is 0 Å². The molecule has 0 aromatic heterocycles. The molecule has 1 aromatic rings. The van der Waals surface area contributed by atoms with Crippen molar-refractivity contribution < 1.29 is 142 Å². The Morgan fingerprint density at radius 1 is 0.300 bits per heavy atom. The van der Waals surface area contributed by atoms with Crippen molar-refractivity contribution in [2.45, 2.75) is 0 Å². The molecular weight excluding hydrogens is 474 g/mol. The number of carbonyl (C=O) groups excluding carboxylic acids is 6. The van der Waals surface area contributed by atoms with E-state index in [9.17, 15) is 28.8 Å². The number of rotatable bonds is 6. The van der Waals surface area contributed by atoms with Crippen molar-refractivity contribution >= 4 is 106 Å². The van der Waals surface area contributed by atoms with E-state index in [1.807, 2.05) is 0 Å². The summed E-state index contributed by atoms with van der Waals surface area (Å²) in [6.45, 7) is 0. The van der Waals surface area contributed by atoms with Crippen molar-refractivity contribution in [1.82, 2.24) is 0 Å². The second kappa shape index (κ2) is 19.5. The van der Waals surface area contributed by atoms with Crippen LogP contribution in [0.1, 0.15) is 62.1 Å². The van der Waals surface area contributed by atoms with Gasteiger partial charge in [-0.15, -0.1) is 0 Å². The van der Waals surface area contributed by atoms with Gasteiger partial charge in [-0.05, 0) is 0 Å². The Morgan fingerprint density at radius 2 is 0.367 bits per heavy atom. The number of carbonyl (C=O) groups is 6. The van der Waals surface area contributed by atoms with Crippen LogP contribution in [0, 0.1) is 0 Å². The minimum atomic E-state index is -1.31. The van der Waals surface area contributed by atoms with Crippen molar-refractivity contribution in [2.24, 2.45) is 0 Å². The van der Waals surface area contributed by atoms with Crippen molar-refractivity contribution in [3.8, 4) is 0 Å². The van der Waals surface area contributed by atoms with Crippen LogP contribution in [-0.4, -0.2) is 30.7 Å². The molecule has 0 aliphatic heterocycles. The molecule has 1 rings (SSSR count). The molecule has 0 spiro atoms. The second-order valence-corrected chi connectivity index (χ2v) is 6.20. The fraction of sp³-hybridized carbons (Fsp3) is 0.